The smallest absolute Gasteiger partial charge is 0.338 e. The standard InChI is InChI=1S/C20H23ClN2O4/c1-3-11-27-20(26)14-6-8-15(9-7-14)23-18(24)16(21)17(19(23)25)22-10-4-5-13(2)12-22/h6-9,13H,3-5,10-12H2,1-2H3. The summed E-state index contributed by atoms with van der Waals surface area (Å²) in [6.45, 7) is 5.81. The van der Waals surface area contributed by atoms with Crippen LogP contribution in [0.15, 0.2) is 35.0 Å². The van der Waals surface area contributed by atoms with Crippen LogP contribution in [0.25, 0.3) is 0 Å². The molecular weight excluding hydrogens is 368 g/mol. The van der Waals surface area contributed by atoms with Crippen LogP contribution < -0.4 is 4.90 Å². The highest BCUT2D eigenvalue weighted by molar-refractivity contribution is 6.52. The molecule has 2 amide bonds. The van der Waals surface area contributed by atoms with Crippen molar-refractivity contribution in [1.82, 2.24) is 4.90 Å². The molecule has 0 saturated carbocycles. The number of hydrogen-bond acceptors (Lipinski definition) is 5. The van der Waals surface area contributed by atoms with E-state index in [1.807, 2.05) is 11.8 Å². The molecule has 0 radical (unpaired) electrons. The Bertz CT molecular complexity index is 788. The zero-order valence-electron chi connectivity index (χ0n) is 15.5. The minimum Gasteiger partial charge on any atom is -0.462 e. The Balaban J connectivity index is 1.79. The quantitative estimate of drug-likeness (QED) is 0.570. The number of hydrogen-bond donors (Lipinski definition) is 0. The van der Waals surface area contributed by atoms with Gasteiger partial charge in [-0.1, -0.05) is 25.4 Å². The maximum absolute atomic E-state index is 12.9. The molecule has 1 atom stereocenters. The average molecular weight is 391 g/mol. The van der Waals surface area contributed by atoms with E-state index < -0.39 is 17.8 Å². The van der Waals surface area contributed by atoms with Crippen LogP contribution in [-0.4, -0.2) is 42.4 Å². The molecular formula is C20H23ClN2O4. The van der Waals surface area contributed by atoms with E-state index in [0.29, 0.717) is 36.9 Å². The van der Waals surface area contributed by atoms with Gasteiger partial charge < -0.3 is 9.64 Å². The van der Waals surface area contributed by atoms with Gasteiger partial charge in [0.25, 0.3) is 11.8 Å². The number of nitrogens with zero attached hydrogens (tertiary/aromatic N) is 2. The summed E-state index contributed by atoms with van der Waals surface area (Å²) in [4.78, 5) is 40.4. The topological polar surface area (TPSA) is 66.9 Å². The van der Waals surface area contributed by atoms with Crippen molar-refractivity contribution in [2.75, 3.05) is 24.6 Å². The molecule has 1 aromatic rings. The van der Waals surface area contributed by atoms with Crippen molar-refractivity contribution in [3.8, 4) is 0 Å². The lowest BCUT2D eigenvalue weighted by Crippen LogP contribution is -2.39. The van der Waals surface area contributed by atoms with Crippen LogP contribution in [0.4, 0.5) is 5.69 Å². The van der Waals surface area contributed by atoms with E-state index in [9.17, 15) is 14.4 Å². The highest BCUT2D eigenvalue weighted by atomic mass is 35.5. The van der Waals surface area contributed by atoms with Gasteiger partial charge >= 0.3 is 5.97 Å². The number of esters is 1. The van der Waals surface area contributed by atoms with Crippen molar-refractivity contribution in [3.63, 3.8) is 0 Å². The number of carbonyl (C=O) groups is 3. The Morgan fingerprint density at radius 3 is 2.56 bits per heavy atom. The van der Waals surface area contributed by atoms with E-state index in [4.69, 9.17) is 16.3 Å². The minimum absolute atomic E-state index is 0.0412. The van der Waals surface area contributed by atoms with Gasteiger partial charge in [-0.15, -0.1) is 0 Å². The molecule has 0 bridgehead atoms. The van der Waals surface area contributed by atoms with Crippen LogP contribution in [0.1, 0.15) is 43.5 Å². The van der Waals surface area contributed by atoms with Crippen LogP contribution in [0, 0.1) is 5.92 Å². The van der Waals surface area contributed by atoms with E-state index in [1.54, 1.807) is 24.3 Å². The fourth-order valence-corrected chi connectivity index (χ4v) is 3.70. The van der Waals surface area contributed by atoms with Gasteiger partial charge in [0.2, 0.25) is 0 Å². The van der Waals surface area contributed by atoms with Crippen molar-refractivity contribution in [2.24, 2.45) is 5.92 Å². The summed E-state index contributed by atoms with van der Waals surface area (Å²) in [6, 6.07) is 6.21. The molecule has 2 aliphatic rings. The number of benzene rings is 1. The van der Waals surface area contributed by atoms with Crippen LogP contribution in [0.2, 0.25) is 0 Å². The first-order valence-corrected chi connectivity index (χ1v) is 9.62. The molecule has 7 heteroatoms. The van der Waals surface area contributed by atoms with Gasteiger partial charge in [0.1, 0.15) is 10.7 Å². The SMILES string of the molecule is CCCOC(=O)c1ccc(N2C(=O)C(Cl)=C(N3CCCC(C)C3)C2=O)cc1. The van der Waals surface area contributed by atoms with E-state index in [2.05, 4.69) is 6.92 Å². The maximum atomic E-state index is 12.9. The number of anilines is 1. The summed E-state index contributed by atoms with van der Waals surface area (Å²) in [5, 5.41) is -0.0412. The Morgan fingerprint density at radius 2 is 1.93 bits per heavy atom. The molecule has 0 aliphatic carbocycles. The molecule has 3 rings (SSSR count). The minimum atomic E-state index is -0.531. The lowest BCUT2D eigenvalue weighted by molar-refractivity contribution is -0.121. The normalized spacial score (nSPS) is 20.5. The zero-order chi connectivity index (χ0) is 19.6. The molecule has 27 heavy (non-hydrogen) atoms. The van der Waals surface area contributed by atoms with Crippen molar-refractivity contribution in [1.29, 1.82) is 0 Å². The number of imide groups is 1. The second-order valence-corrected chi connectivity index (χ2v) is 7.36. The molecule has 144 valence electrons. The molecule has 1 unspecified atom stereocenters. The number of amides is 2. The van der Waals surface area contributed by atoms with Gasteiger partial charge in [-0.3, -0.25) is 9.59 Å². The number of likely N-dealkylation sites (tertiary alicyclic amines) is 1. The number of halogens is 1. The van der Waals surface area contributed by atoms with Crippen LogP contribution >= 0.6 is 11.6 Å². The molecule has 2 heterocycles. The van der Waals surface area contributed by atoms with E-state index in [1.165, 1.54) is 0 Å². The predicted molar refractivity (Wildman–Crippen MR) is 102 cm³/mol. The lowest BCUT2D eigenvalue weighted by atomic mass is 10.00. The third-order valence-corrected chi connectivity index (χ3v) is 5.12. The largest absolute Gasteiger partial charge is 0.462 e. The first-order chi connectivity index (χ1) is 12.9. The monoisotopic (exact) mass is 390 g/mol. The number of piperidine rings is 1. The van der Waals surface area contributed by atoms with Gasteiger partial charge in [0.05, 0.1) is 17.9 Å². The van der Waals surface area contributed by atoms with Gasteiger partial charge in [-0.2, -0.15) is 0 Å². The average Bonchev–Trinajstić information content (AvgIpc) is 2.88. The number of ether oxygens (including phenoxy) is 1. The van der Waals surface area contributed by atoms with E-state index in [0.717, 1.165) is 24.2 Å². The Hall–Kier alpha value is -2.34. The highest BCUT2D eigenvalue weighted by Gasteiger charge is 2.42. The fraction of sp³-hybridized carbons (Fsp3) is 0.450. The molecule has 1 saturated heterocycles. The van der Waals surface area contributed by atoms with Gasteiger partial charge in [-0.25, -0.2) is 9.69 Å². The van der Waals surface area contributed by atoms with Crippen molar-refractivity contribution >= 4 is 35.1 Å². The number of carbonyl (C=O) groups excluding carboxylic acids is 3. The van der Waals surface area contributed by atoms with Crippen LogP contribution in [0.3, 0.4) is 0 Å². The number of rotatable bonds is 5. The van der Waals surface area contributed by atoms with Gasteiger partial charge in [0, 0.05) is 13.1 Å². The maximum Gasteiger partial charge on any atom is 0.338 e. The summed E-state index contributed by atoms with van der Waals surface area (Å²) in [6.07, 6.45) is 2.80. The zero-order valence-corrected chi connectivity index (χ0v) is 16.3. The van der Waals surface area contributed by atoms with Crippen LogP contribution in [0.5, 0.6) is 0 Å². The Labute approximate surface area is 163 Å². The first-order valence-electron chi connectivity index (χ1n) is 9.24. The molecule has 2 aliphatic heterocycles. The van der Waals surface area contributed by atoms with Crippen molar-refractivity contribution < 1.29 is 19.1 Å². The molecule has 1 aromatic carbocycles. The van der Waals surface area contributed by atoms with Gasteiger partial charge in [0.15, 0.2) is 0 Å². The highest BCUT2D eigenvalue weighted by Crippen LogP contribution is 2.33. The molecule has 1 fully saturated rings. The predicted octanol–water partition coefficient (Wildman–Crippen LogP) is 3.31. The summed E-state index contributed by atoms with van der Waals surface area (Å²) < 4.78 is 5.09. The first kappa shape index (κ1) is 19.4. The van der Waals surface area contributed by atoms with Crippen LogP contribution in [-0.2, 0) is 14.3 Å². The summed E-state index contributed by atoms with van der Waals surface area (Å²) >= 11 is 6.24. The second kappa shape index (κ2) is 8.13. The molecule has 6 nitrogen and oxygen atoms in total. The molecule has 0 spiro atoms. The van der Waals surface area contributed by atoms with E-state index in [-0.39, 0.29) is 10.7 Å². The second-order valence-electron chi connectivity index (χ2n) is 6.98. The van der Waals surface area contributed by atoms with Crippen molar-refractivity contribution in [2.45, 2.75) is 33.1 Å². The lowest BCUT2D eigenvalue weighted by Gasteiger charge is -2.33. The fourth-order valence-electron chi connectivity index (χ4n) is 3.42. The van der Waals surface area contributed by atoms with Crippen molar-refractivity contribution in [3.05, 3.63) is 40.6 Å². The summed E-state index contributed by atoms with van der Waals surface area (Å²) in [5.74, 6) is -0.931. The van der Waals surface area contributed by atoms with E-state index >= 15 is 0 Å². The third-order valence-electron chi connectivity index (χ3n) is 4.78. The Kier molecular flexibility index (Phi) is 5.85. The Morgan fingerprint density at radius 1 is 1.22 bits per heavy atom. The summed E-state index contributed by atoms with van der Waals surface area (Å²) in [5.41, 5.74) is 1.03. The third kappa shape index (κ3) is 3.86. The van der Waals surface area contributed by atoms with Gasteiger partial charge in [-0.05, 0) is 49.4 Å². The molecule has 0 aromatic heterocycles. The molecule has 0 N–H and O–H groups in total. The summed E-state index contributed by atoms with van der Waals surface area (Å²) in [7, 11) is 0.